The molecule has 1 aromatic heterocycles. The van der Waals surface area contributed by atoms with Crippen LogP contribution in [0.4, 0.5) is 0 Å². The van der Waals surface area contributed by atoms with Crippen molar-refractivity contribution in [2.24, 2.45) is 0 Å². The molecule has 2 aromatic rings. The Hall–Kier alpha value is -1.87. The van der Waals surface area contributed by atoms with Gasteiger partial charge in [0, 0.05) is 18.5 Å². The van der Waals surface area contributed by atoms with E-state index in [9.17, 15) is 4.79 Å². The Morgan fingerprint density at radius 3 is 2.63 bits per heavy atom. The van der Waals surface area contributed by atoms with Gasteiger partial charge in [-0.3, -0.25) is 4.79 Å². The molecule has 0 spiro atoms. The van der Waals surface area contributed by atoms with E-state index in [1.165, 1.54) is 11.1 Å². The van der Waals surface area contributed by atoms with Crippen molar-refractivity contribution < 1.29 is 4.79 Å². The van der Waals surface area contributed by atoms with Crippen LogP contribution in [0.25, 0.3) is 5.57 Å². The Kier molecular flexibility index (Phi) is 3.47. The number of hydrogen-bond acceptors (Lipinski definition) is 2. The molecule has 0 saturated heterocycles. The Balaban J connectivity index is 1.72. The minimum absolute atomic E-state index is 0.143. The van der Waals surface area contributed by atoms with Crippen molar-refractivity contribution in [2.45, 2.75) is 6.42 Å². The van der Waals surface area contributed by atoms with E-state index in [1.807, 2.05) is 27.8 Å². The molecule has 3 rings (SSSR count). The van der Waals surface area contributed by atoms with E-state index in [2.05, 4.69) is 30.3 Å². The standard InChI is InChI=1S/C16H15NOS/c18-16(15-8-11-19-12-15)17-9-6-14(7-10-17)13-4-2-1-3-5-13/h1-6,8,11-12H,7,9-10H2. The summed E-state index contributed by atoms with van der Waals surface area (Å²) in [6, 6.07) is 12.3. The highest BCUT2D eigenvalue weighted by Crippen LogP contribution is 2.23. The molecule has 1 aromatic carbocycles. The molecular weight excluding hydrogens is 254 g/mol. The third kappa shape index (κ3) is 2.61. The molecule has 1 aliphatic rings. The lowest BCUT2D eigenvalue weighted by Crippen LogP contribution is -2.34. The molecule has 2 nitrogen and oxygen atoms in total. The molecule has 0 bridgehead atoms. The summed E-state index contributed by atoms with van der Waals surface area (Å²) in [4.78, 5) is 14.1. The zero-order valence-electron chi connectivity index (χ0n) is 10.6. The number of hydrogen-bond donors (Lipinski definition) is 0. The maximum Gasteiger partial charge on any atom is 0.254 e. The molecule has 0 saturated carbocycles. The van der Waals surface area contributed by atoms with Crippen LogP contribution in [0.15, 0.2) is 53.2 Å². The molecule has 0 unspecified atom stereocenters. The summed E-state index contributed by atoms with van der Waals surface area (Å²) in [5.41, 5.74) is 3.42. The molecule has 0 atom stereocenters. The van der Waals surface area contributed by atoms with Gasteiger partial charge in [0.25, 0.3) is 5.91 Å². The van der Waals surface area contributed by atoms with Crippen LogP contribution in [-0.4, -0.2) is 23.9 Å². The van der Waals surface area contributed by atoms with Gasteiger partial charge in [0.1, 0.15) is 0 Å². The second-order valence-electron chi connectivity index (χ2n) is 4.61. The summed E-state index contributed by atoms with van der Waals surface area (Å²) in [6.45, 7) is 1.51. The number of thiophene rings is 1. The summed E-state index contributed by atoms with van der Waals surface area (Å²) in [6.07, 6.45) is 3.10. The molecule has 2 heterocycles. The van der Waals surface area contributed by atoms with Crippen molar-refractivity contribution in [2.75, 3.05) is 13.1 Å². The van der Waals surface area contributed by atoms with Crippen LogP contribution in [0.5, 0.6) is 0 Å². The molecule has 3 heteroatoms. The summed E-state index contributed by atoms with van der Waals surface area (Å²) in [5, 5.41) is 3.86. The molecule has 0 aliphatic carbocycles. The number of carbonyl (C=O) groups excluding carboxylic acids is 1. The van der Waals surface area contributed by atoms with E-state index in [4.69, 9.17) is 0 Å². The minimum Gasteiger partial charge on any atom is -0.335 e. The van der Waals surface area contributed by atoms with E-state index >= 15 is 0 Å². The van der Waals surface area contributed by atoms with Gasteiger partial charge in [-0.15, -0.1) is 0 Å². The monoisotopic (exact) mass is 269 g/mol. The summed E-state index contributed by atoms with van der Waals surface area (Å²) >= 11 is 1.57. The molecule has 19 heavy (non-hydrogen) atoms. The summed E-state index contributed by atoms with van der Waals surface area (Å²) in [7, 11) is 0. The van der Waals surface area contributed by atoms with E-state index in [-0.39, 0.29) is 5.91 Å². The normalized spacial score (nSPS) is 15.2. The van der Waals surface area contributed by atoms with Crippen molar-refractivity contribution in [1.82, 2.24) is 4.90 Å². The summed E-state index contributed by atoms with van der Waals surface area (Å²) < 4.78 is 0. The third-order valence-corrected chi connectivity index (χ3v) is 4.09. The average molecular weight is 269 g/mol. The van der Waals surface area contributed by atoms with Crippen LogP contribution in [0.1, 0.15) is 22.3 Å². The lowest BCUT2D eigenvalue weighted by atomic mass is 9.99. The predicted molar refractivity (Wildman–Crippen MR) is 79.3 cm³/mol. The van der Waals surface area contributed by atoms with Crippen molar-refractivity contribution in [3.63, 3.8) is 0 Å². The fourth-order valence-electron chi connectivity index (χ4n) is 2.34. The van der Waals surface area contributed by atoms with Gasteiger partial charge in [0.05, 0.1) is 5.56 Å². The van der Waals surface area contributed by atoms with Gasteiger partial charge in [0.2, 0.25) is 0 Å². The Labute approximate surface area is 117 Å². The number of carbonyl (C=O) groups is 1. The zero-order chi connectivity index (χ0) is 13.1. The SMILES string of the molecule is O=C(c1ccsc1)N1CC=C(c2ccccc2)CC1. The topological polar surface area (TPSA) is 20.3 Å². The van der Waals surface area contributed by atoms with Gasteiger partial charge in [-0.1, -0.05) is 36.4 Å². The molecule has 0 N–H and O–H groups in total. The van der Waals surface area contributed by atoms with Crippen molar-refractivity contribution in [1.29, 1.82) is 0 Å². The molecular formula is C16H15NOS. The number of amides is 1. The second kappa shape index (κ2) is 5.41. The quantitative estimate of drug-likeness (QED) is 0.814. The lowest BCUT2D eigenvalue weighted by Gasteiger charge is -2.26. The van der Waals surface area contributed by atoms with E-state index in [0.717, 1.165) is 18.5 Å². The van der Waals surface area contributed by atoms with Crippen LogP contribution >= 0.6 is 11.3 Å². The van der Waals surface area contributed by atoms with Crippen molar-refractivity contribution >= 4 is 22.8 Å². The summed E-state index contributed by atoms with van der Waals surface area (Å²) in [5.74, 6) is 0.143. The molecule has 1 aliphatic heterocycles. The van der Waals surface area contributed by atoms with Crippen LogP contribution in [0.2, 0.25) is 0 Å². The third-order valence-electron chi connectivity index (χ3n) is 3.41. The van der Waals surface area contributed by atoms with Crippen LogP contribution in [0, 0.1) is 0 Å². The van der Waals surface area contributed by atoms with Crippen LogP contribution in [-0.2, 0) is 0 Å². The predicted octanol–water partition coefficient (Wildman–Crippen LogP) is 3.68. The van der Waals surface area contributed by atoms with E-state index < -0.39 is 0 Å². The molecule has 1 amide bonds. The highest BCUT2D eigenvalue weighted by molar-refractivity contribution is 7.08. The number of nitrogens with zero attached hydrogens (tertiary/aromatic N) is 1. The Morgan fingerprint density at radius 1 is 1.16 bits per heavy atom. The van der Waals surface area contributed by atoms with Crippen molar-refractivity contribution in [3.8, 4) is 0 Å². The van der Waals surface area contributed by atoms with Gasteiger partial charge in [-0.05, 0) is 29.0 Å². The first-order valence-electron chi connectivity index (χ1n) is 6.40. The smallest absolute Gasteiger partial charge is 0.254 e. The van der Waals surface area contributed by atoms with Gasteiger partial charge in [-0.25, -0.2) is 0 Å². The minimum atomic E-state index is 0.143. The molecule has 0 fully saturated rings. The highest BCUT2D eigenvalue weighted by atomic mass is 32.1. The lowest BCUT2D eigenvalue weighted by molar-refractivity contribution is 0.0773. The fraction of sp³-hybridized carbons (Fsp3) is 0.188. The highest BCUT2D eigenvalue weighted by Gasteiger charge is 2.19. The van der Waals surface area contributed by atoms with Gasteiger partial charge in [-0.2, -0.15) is 11.3 Å². The van der Waals surface area contributed by atoms with Crippen LogP contribution in [0.3, 0.4) is 0 Å². The van der Waals surface area contributed by atoms with Crippen molar-refractivity contribution in [3.05, 3.63) is 64.4 Å². The number of rotatable bonds is 2. The Bertz CT molecular complexity index is 586. The zero-order valence-corrected chi connectivity index (χ0v) is 11.4. The second-order valence-corrected chi connectivity index (χ2v) is 5.39. The van der Waals surface area contributed by atoms with E-state index in [0.29, 0.717) is 6.54 Å². The average Bonchev–Trinajstić information content (AvgIpc) is 3.02. The largest absolute Gasteiger partial charge is 0.335 e. The molecule has 96 valence electrons. The van der Waals surface area contributed by atoms with E-state index in [1.54, 1.807) is 11.3 Å². The van der Waals surface area contributed by atoms with Gasteiger partial charge >= 0.3 is 0 Å². The number of benzene rings is 1. The molecule has 0 radical (unpaired) electrons. The maximum atomic E-state index is 12.2. The Morgan fingerprint density at radius 2 is 2.00 bits per heavy atom. The van der Waals surface area contributed by atoms with Gasteiger partial charge in [0.15, 0.2) is 0 Å². The van der Waals surface area contributed by atoms with Crippen LogP contribution < -0.4 is 0 Å². The first-order valence-corrected chi connectivity index (χ1v) is 7.35. The first-order chi connectivity index (χ1) is 9.34. The maximum absolute atomic E-state index is 12.2. The first kappa shape index (κ1) is 12.2. The van der Waals surface area contributed by atoms with Gasteiger partial charge < -0.3 is 4.90 Å². The fourth-order valence-corrected chi connectivity index (χ4v) is 2.97.